The minimum Gasteiger partial charge on any atom is -0.457 e. The number of rotatable bonds is 8. The summed E-state index contributed by atoms with van der Waals surface area (Å²) in [7, 11) is 0. The van der Waals surface area contributed by atoms with Crippen LogP contribution in [0.4, 0.5) is 5.69 Å². The summed E-state index contributed by atoms with van der Waals surface area (Å²) in [5.41, 5.74) is 6.83. The molecule has 0 aliphatic heterocycles. The Balaban J connectivity index is 1.44. The third kappa shape index (κ3) is 5.50. The lowest BCUT2D eigenvalue weighted by atomic mass is 10.1. The Kier molecular flexibility index (Phi) is 6.06. The number of ether oxygens (including phenoxy) is 1. The molecular formula is C21H23N3O2. The van der Waals surface area contributed by atoms with Gasteiger partial charge in [0.1, 0.15) is 11.5 Å². The van der Waals surface area contributed by atoms with Crippen LogP contribution in [0, 0.1) is 0 Å². The SMILES string of the molecule is N[C@@H](CCC(=O)Nc1ccc(Oc2ccccc2)cc1)Cn1cccc1. The fourth-order valence-electron chi connectivity index (χ4n) is 2.62. The van der Waals surface area contributed by atoms with Crippen molar-refractivity contribution >= 4 is 11.6 Å². The second-order valence-electron chi connectivity index (χ2n) is 6.17. The van der Waals surface area contributed by atoms with Gasteiger partial charge in [0.05, 0.1) is 0 Å². The van der Waals surface area contributed by atoms with Crippen molar-refractivity contribution in [2.45, 2.75) is 25.4 Å². The molecule has 0 saturated heterocycles. The maximum Gasteiger partial charge on any atom is 0.224 e. The van der Waals surface area contributed by atoms with Crippen LogP contribution in [0.15, 0.2) is 79.1 Å². The number of nitrogens with two attached hydrogens (primary N) is 1. The average Bonchev–Trinajstić information content (AvgIpc) is 3.15. The lowest BCUT2D eigenvalue weighted by Gasteiger charge is -2.13. The number of anilines is 1. The molecule has 0 aliphatic carbocycles. The molecule has 0 bridgehead atoms. The highest BCUT2D eigenvalue weighted by atomic mass is 16.5. The molecule has 0 fully saturated rings. The first-order valence-electron chi connectivity index (χ1n) is 8.68. The Morgan fingerprint density at radius 3 is 2.31 bits per heavy atom. The summed E-state index contributed by atoms with van der Waals surface area (Å²) in [5.74, 6) is 1.47. The molecular weight excluding hydrogens is 326 g/mol. The quantitative estimate of drug-likeness (QED) is 0.645. The molecule has 0 unspecified atom stereocenters. The van der Waals surface area contributed by atoms with Crippen LogP contribution in [0.5, 0.6) is 11.5 Å². The van der Waals surface area contributed by atoms with E-state index in [1.54, 1.807) is 0 Å². The van der Waals surface area contributed by atoms with Crippen molar-refractivity contribution in [1.29, 1.82) is 0 Å². The summed E-state index contributed by atoms with van der Waals surface area (Å²) in [6.45, 7) is 0.714. The molecule has 26 heavy (non-hydrogen) atoms. The fraction of sp³-hybridized carbons (Fsp3) is 0.190. The van der Waals surface area contributed by atoms with Gasteiger partial charge in [0.2, 0.25) is 5.91 Å². The van der Waals surface area contributed by atoms with Crippen molar-refractivity contribution in [3.8, 4) is 11.5 Å². The molecule has 1 atom stereocenters. The van der Waals surface area contributed by atoms with Crippen LogP contribution >= 0.6 is 0 Å². The zero-order valence-corrected chi connectivity index (χ0v) is 14.5. The van der Waals surface area contributed by atoms with E-state index in [4.69, 9.17) is 10.5 Å². The number of amides is 1. The molecule has 0 saturated carbocycles. The van der Waals surface area contributed by atoms with Gasteiger partial charge in [0, 0.05) is 37.1 Å². The van der Waals surface area contributed by atoms with E-state index < -0.39 is 0 Å². The van der Waals surface area contributed by atoms with Gasteiger partial charge in [0.25, 0.3) is 0 Å². The summed E-state index contributed by atoms with van der Waals surface area (Å²) < 4.78 is 7.76. The highest BCUT2D eigenvalue weighted by Gasteiger charge is 2.08. The summed E-state index contributed by atoms with van der Waals surface area (Å²) >= 11 is 0. The van der Waals surface area contributed by atoms with Crippen LogP contribution in [0.1, 0.15) is 12.8 Å². The molecule has 0 radical (unpaired) electrons. The lowest BCUT2D eigenvalue weighted by molar-refractivity contribution is -0.116. The van der Waals surface area contributed by atoms with Crippen molar-refractivity contribution in [3.63, 3.8) is 0 Å². The Labute approximate surface area is 153 Å². The molecule has 134 valence electrons. The van der Waals surface area contributed by atoms with E-state index in [9.17, 15) is 4.79 Å². The first-order chi connectivity index (χ1) is 12.7. The maximum absolute atomic E-state index is 12.1. The van der Waals surface area contributed by atoms with Crippen LogP contribution in [-0.4, -0.2) is 16.5 Å². The molecule has 3 N–H and O–H groups in total. The number of benzene rings is 2. The Hall–Kier alpha value is -3.05. The zero-order valence-electron chi connectivity index (χ0n) is 14.5. The van der Waals surface area contributed by atoms with Crippen LogP contribution < -0.4 is 15.8 Å². The second-order valence-corrected chi connectivity index (χ2v) is 6.17. The van der Waals surface area contributed by atoms with Crippen LogP contribution in [0.2, 0.25) is 0 Å². The van der Waals surface area contributed by atoms with E-state index in [1.807, 2.05) is 83.7 Å². The van der Waals surface area contributed by atoms with E-state index in [0.29, 0.717) is 19.4 Å². The van der Waals surface area contributed by atoms with Crippen molar-refractivity contribution < 1.29 is 9.53 Å². The fourth-order valence-corrected chi connectivity index (χ4v) is 2.62. The van der Waals surface area contributed by atoms with Crippen molar-refractivity contribution in [2.75, 3.05) is 5.32 Å². The van der Waals surface area contributed by atoms with Gasteiger partial charge in [-0.2, -0.15) is 0 Å². The van der Waals surface area contributed by atoms with Crippen molar-refractivity contribution in [3.05, 3.63) is 79.1 Å². The monoisotopic (exact) mass is 349 g/mol. The molecule has 1 heterocycles. The minimum atomic E-state index is -0.0465. The standard InChI is InChI=1S/C21H23N3O2/c22-17(16-24-14-4-5-15-24)8-13-21(25)23-18-9-11-20(12-10-18)26-19-6-2-1-3-7-19/h1-7,9-12,14-15,17H,8,13,16,22H2,(H,23,25)/t17-/m0/s1. The predicted molar refractivity (Wildman–Crippen MR) is 103 cm³/mol. The van der Waals surface area contributed by atoms with Crippen LogP contribution in [0.3, 0.4) is 0 Å². The van der Waals surface area contributed by atoms with Gasteiger partial charge < -0.3 is 20.4 Å². The van der Waals surface area contributed by atoms with Gasteiger partial charge >= 0.3 is 0 Å². The summed E-state index contributed by atoms with van der Waals surface area (Å²) in [6, 6.07) is 20.8. The summed E-state index contributed by atoms with van der Waals surface area (Å²) in [6.07, 6.45) is 4.97. The number of nitrogens with one attached hydrogen (secondary N) is 1. The number of para-hydroxylation sites is 1. The average molecular weight is 349 g/mol. The van der Waals surface area contributed by atoms with Gasteiger partial charge in [-0.3, -0.25) is 4.79 Å². The Morgan fingerprint density at radius 2 is 1.62 bits per heavy atom. The van der Waals surface area contributed by atoms with E-state index >= 15 is 0 Å². The van der Waals surface area contributed by atoms with Crippen molar-refractivity contribution in [1.82, 2.24) is 4.57 Å². The number of aromatic nitrogens is 1. The normalized spacial score (nSPS) is 11.7. The van der Waals surface area contributed by atoms with Gasteiger partial charge in [-0.15, -0.1) is 0 Å². The minimum absolute atomic E-state index is 0.0373. The second kappa shape index (κ2) is 8.87. The number of hydrogen-bond acceptors (Lipinski definition) is 3. The molecule has 0 aliphatic rings. The molecule has 1 aromatic heterocycles. The molecule has 5 nitrogen and oxygen atoms in total. The van der Waals surface area contributed by atoms with E-state index in [1.165, 1.54) is 0 Å². The zero-order chi connectivity index (χ0) is 18.2. The topological polar surface area (TPSA) is 69.3 Å². The highest BCUT2D eigenvalue weighted by Crippen LogP contribution is 2.22. The first-order valence-corrected chi connectivity index (χ1v) is 8.68. The maximum atomic E-state index is 12.1. The van der Waals surface area contributed by atoms with E-state index in [0.717, 1.165) is 17.2 Å². The molecule has 5 heteroatoms. The number of hydrogen-bond donors (Lipinski definition) is 2. The third-order valence-corrected chi connectivity index (χ3v) is 3.97. The third-order valence-electron chi connectivity index (χ3n) is 3.97. The van der Waals surface area contributed by atoms with Crippen molar-refractivity contribution in [2.24, 2.45) is 5.73 Å². The molecule has 3 rings (SSSR count). The van der Waals surface area contributed by atoms with Gasteiger partial charge in [0.15, 0.2) is 0 Å². The van der Waals surface area contributed by atoms with E-state index in [2.05, 4.69) is 5.32 Å². The summed E-state index contributed by atoms with van der Waals surface area (Å²) in [4.78, 5) is 12.1. The van der Waals surface area contributed by atoms with Gasteiger partial charge in [-0.1, -0.05) is 18.2 Å². The number of carbonyl (C=O) groups excluding carboxylic acids is 1. The predicted octanol–water partition coefficient (Wildman–Crippen LogP) is 4.03. The largest absolute Gasteiger partial charge is 0.457 e. The summed E-state index contributed by atoms with van der Waals surface area (Å²) in [5, 5.41) is 2.89. The molecule has 2 aromatic carbocycles. The number of carbonyl (C=O) groups is 1. The van der Waals surface area contributed by atoms with E-state index in [-0.39, 0.29) is 11.9 Å². The Bertz CT molecular complexity index is 799. The van der Waals surface area contributed by atoms with Crippen LogP contribution in [0.25, 0.3) is 0 Å². The smallest absolute Gasteiger partial charge is 0.224 e. The van der Waals surface area contributed by atoms with Gasteiger partial charge in [-0.25, -0.2) is 0 Å². The highest BCUT2D eigenvalue weighted by molar-refractivity contribution is 5.90. The molecule has 3 aromatic rings. The van der Waals surface area contributed by atoms with Crippen LogP contribution in [-0.2, 0) is 11.3 Å². The Morgan fingerprint density at radius 1 is 0.962 bits per heavy atom. The van der Waals surface area contributed by atoms with Gasteiger partial charge in [-0.05, 0) is 55.0 Å². The lowest BCUT2D eigenvalue weighted by Crippen LogP contribution is -2.27. The molecule has 1 amide bonds. The molecule has 0 spiro atoms. The first kappa shape index (κ1) is 17.8. The number of nitrogens with zero attached hydrogens (tertiary/aromatic N) is 1.